The maximum Gasteiger partial charge on any atom is 0.161 e. The van der Waals surface area contributed by atoms with E-state index in [0.717, 1.165) is 18.0 Å². The molecule has 0 bridgehead atoms. The van der Waals surface area contributed by atoms with Gasteiger partial charge >= 0.3 is 0 Å². The van der Waals surface area contributed by atoms with E-state index in [9.17, 15) is 0 Å². The molecule has 90 valence electrons. The fourth-order valence-corrected chi connectivity index (χ4v) is 1.40. The summed E-state index contributed by atoms with van der Waals surface area (Å²) in [6.07, 6.45) is 0. The zero-order valence-corrected chi connectivity index (χ0v) is 10.6. The molecule has 3 nitrogen and oxygen atoms in total. The van der Waals surface area contributed by atoms with Crippen molar-refractivity contribution in [1.82, 2.24) is 0 Å². The number of ether oxygens (including phenoxy) is 2. The van der Waals surface area contributed by atoms with Gasteiger partial charge in [0.15, 0.2) is 11.5 Å². The second-order valence-corrected chi connectivity index (χ2v) is 4.86. The van der Waals surface area contributed by atoms with E-state index in [1.807, 2.05) is 24.3 Å². The molecule has 0 saturated carbocycles. The van der Waals surface area contributed by atoms with E-state index < -0.39 is 0 Å². The summed E-state index contributed by atoms with van der Waals surface area (Å²) in [7, 11) is 1.66. The Morgan fingerprint density at radius 1 is 1.12 bits per heavy atom. The molecule has 0 unspecified atom stereocenters. The van der Waals surface area contributed by atoms with Crippen LogP contribution in [0.5, 0.6) is 11.5 Å². The Kier molecular flexibility index (Phi) is 4.62. The molecule has 0 saturated heterocycles. The van der Waals surface area contributed by atoms with Crippen LogP contribution in [0, 0.1) is 0 Å². The van der Waals surface area contributed by atoms with Crippen molar-refractivity contribution in [3.8, 4) is 11.5 Å². The summed E-state index contributed by atoms with van der Waals surface area (Å²) in [6.45, 7) is 8.21. The minimum Gasteiger partial charge on any atom is -0.493 e. The highest BCUT2D eigenvalue weighted by atomic mass is 16.5. The van der Waals surface area contributed by atoms with Crippen molar-refractivity contribution in [3.05, 3.63) is 24.3 Å². The van der Waals surface area contributed by atoms with Gasteiger partial charge in [0.05, 0.1) is 12.6 Å². The minimum atomic E-state index is 0.254. The van der Waals surface area contributed by atoms with Gasteiger partial charge in [-0.05, 0) is 32.9 Å². The predicted octanol–water partition coefficient (Wildman–Crippen LogP) is 1.44. The topological polar surface area (TPSA) is 35.1 Å². The molecular weight excluding hydrogens is 202 g/mol. The molecule has 0 aromatic heterocycles. The molecule has 16 heavy (non-hydrogen) atoms. The summed E-state index contributed by atoms with van der Waals surface area (Å²) >= 11 is 0. The Hall–Kier alpha value is -1.22. The van der Waals surface area contributed by atoms with Crippen LogP contribution in [0.2, 0.25) is 0 Å². The van der Waals surface area contributed by atoms with Crippen LogP contribution < -0.4 is 14.8 Å². The maximum absolute atomic E-state index is 5.67. The van der Waals surface area contributed by atoms with Crippen LogP contribution in [0.1, 0.15) is 20.8 Å². The first-order valence-corrected chi connectivity index (χ1v) is 5.63. The van der Waals surface area contributed by atoms with Crippen molar-refractivity contribution in [3.63, 3.8) is 0 Å². The molecule has 1 aromatic rings. The first-order valence-electron chi connectivity index (χ1n) is 5.63. The van der Waals surface area contributed by atoms with E-state index >= 15 is 0 Å². The van der Waals surface area contributed by atoms with E-state index in [4.69, 9.17) is 9.47 Å². The van der Waals surface area contributed by atoms with Crippen LogP contribution in [0.15, 0.2) is 24.3 Å². The third kappa shape index (κ3) is 4.53. The molecule has 0 radical (unpaired) electrons. The zero-order valence-electron chi connectivity index (χ0n) is 10.6. The monoisotopic (exact) mass is 224 g/mol. The average Bonchev–Trinajstić information content (AvgIpc) is 2.23. The Morgan fingerprint density at radius 2 is 1.75 bits per heavy atom. The molecular formula is C13H22NO2+. The van der Waals surface area contributed by atoms with Gasteiger partial charge in [-0.25, -0.2) is 0 Å². The Morgan fingerprint density at radius 3 is 2.31 bits per heavy atom. The van der Waals surface area contributed by atoms with Gasteiger partial charge in [-0.3, -0.25) is 0 Å². The minimum absolute atomic E-state index is 0.254. The molecule has 0 heterocycles. The lowest BCUT2D eigenvalue weighted by Gasteiger charge is -2.17. The lowest BCUT2D eigenvalue weighted by molar-refractivity contribution is -0.717. The summed E-state index contributed by atoms with van der Waals surface area (Å²) in [5.74, 6) is 1.60. The first-order chi connectivity index (χ1) is 7.53. The van der Waals surface area contributed by atoms with Gasteiger partial charge in [-0.1, -0.05) is 12.1 Å². The smallest absolute Gasteiger partial charge is 0.161 e. The lowest BCUT2D eigenvalue weighted by Crippen LogP contribution is -2.95. The van der Waals surface area contributed by atoms with Crippen LogP contribution in [-0.4, -0.2) is 25.8 Å². The van der Waals surface area contributed by atoms with Gasteiger partial charge in [-0.15, -0.1) is 0 Å². The fourth-order valence-electron chi connectivity index (χ4n) is 1.40. The molecule has 0 aliphatic rings. The molecule has 0 aliphatic carbocycles. The number of methoxy groups -OCH3 is 1. The van der Waals surface area contributed by atoms with Crippen molar-refractivity contribution in [2.24, 2.45) is 0 Å². The Bertz CT molecular complexity index is 318. The number of para-hydroxylation sites is 2. The first kappa shape index (κ1) is 12.8. The third-order valence-electron chi connectivity index (χ3n) is 2.20. The standard InChI is InChI=1S/C13H21NO2/c1-13(2,3)14-9-10-16-12-8-6-5-7-11(12)15-4/h5-8,14H,9-10H2,1-4H3/p+1. The summed E-state index contributed by atoms with van der Waals surface area (Å²) in [5, 5.41) is 2.27. The highest BCUT2D eigenvalue weighted by Crippen LogP contribution is 2.25. The fraction of sp³-hybridized carbons (Fsp3) is 0.538. The van der Waals surface area contributed by atoms with Gasteiger partial charge in [0.25, 0.3) is 0 Å². The van der Waals surface area contributed by atoms with Crippen LogP contribution in [0.25, 0.3) is 0 Å². The van der Waals surface area contributed by atoms with Crippen molar-refractivity contribution in [1.29, 1.82) is 0 Å². The van der Waals surface area contributed by atoms with E-state index in [1.165, 1.54) is 0 Å². The number of nitrogens with two attached hydrogens (primary N) is 1. The van der Waals surface area contributed by atoms with Gasteiger partial charge in [0.1, 0.15) is 13.2 Å². The van der Waals surface area contributed by atoms with Crippen LogP contribution in [0.3, 0.4) is 0 Å². The van der Waals surface area contributed by atoms with Crippen molar-refractivity contribution >= 4 is 0 Å². The second-order valence-electron chi connectivity index (χ2n) is 4.86. The predicted molar refractivity (Wildman–Crippen MR) is 65.0 cm³/mol. The molecule has 0 amide bonds. The quantitative estimate of drug-likeness (QED) is 0.768. The van der Waals surface area contributed by atoms with E-state index in [-0.39, 0.29) is 5.54 Å². The largest absolute Gasteiger partial charge is 0.493 e. The number of benzene rings is 1. The molecule has 1 rings (SSSR count). The summed E-state index contributed by atoms with van der Waals surface area (Å²) in [5.41, 5.74) is 0.254. The molecule has 0 atom stereocenters. The van der Waals surface area contributed by atoms with E-state index in [2.05, 4.69) is 26.1 Å². The number of quaternary nitrogens is 1. The molecule has 1 aromatic carbocycles. The molecule has 0 fully saturated rings. The Labute approximate surface area is 97.8 Å². The summed E-state index contributed by atoms with van der Waals surface area (Å²) in [4.78, 5) is 0. The normalized spacial score (nSPS) is 11.2. The second kappa shape index (κ2) is 5.75. The van der Waals surface area contributed by atoms with Crippen LogP contribution >= 0.6 is 0 Å². The zero-order chi connectivity index (χ0) is 12.0. The van der Waals surface area contributed by atoms with Gasteiger partial charge < -0.3 is 14.8 Å². The molecule has 0 aliphatic heterocycles. The van der Waals surface area contributed by atoms with Gasteiger partial charge in [-0.2, -0.15) is 0 Å². The highest BCUT2D eigenvalue weighted by Gasteiger charge is 2.12. The van der Waals surface area contributed by atoms with Crippen LogP contribution in [0.4, 0.5) is 0 Å². The Balaban J connectivity index is 2.37. The number of hydrogen-bond donors (Lipinski definition) is 1. The SMILES string of the molecule is COc1ccccc1OCC[NH2+]C(C)(C)C. The molecule has 0 spiro atoms. The summed E-state index contributed by atoms with van der Waals surface area (Å²) < 4.78 is 10.9. The average molecular weight is 224 g/mol. The van der Waals surface area contributed by atoms with E-state index in [0.29, 0.717) is 6.61 Å². The van der Waals surface area contributed by atoms with Gasteiger partial charge in [0, 0.05) is 0 Å². The molecule has 3 heteroatoms. The number of hydrogen-bond acceptors (Lipinski definition) is 2. The van der Waals surface area contributed by atoms with Gasteiger partial charge in [0.2, 0.25) is 0 Å². The summed E-state index contributed by atoms with van der Waals surface area (Å²) in [6, 6.07) is 7.72. The highest BCUT2D eigenvalue weighted by molar-refractivity contribution is 5.39. The lowest BCUT2D eigenvalue weighted by atomic mass is 10.1. The maximum atomic E-state index is 5.67. The van der Waals surface area contributed by atoms with Crippen molar-refractivity contribution in [2.75, 3.05) is 20.3 Å². The molecule has 2 N–H and O–H groups in total. The third-order valence-corrected chi connectivity index (χ3v) is 2.20. The van der Waals surface area contributed by atoms with E-state index in [1.54, 1.807) is 7.11 Å². The van der Waals surface area contributed by atoms with Crippen molar-refractivity contribution < 1.29 is 14.8 Å². The van der Waals surface area contributed by atoms with Crippen molar-refractivity contribution in [2.45, 2.75) is 26.3 Å². The number of rotatable bonds is 5. The van der Waals surface area contributed by atoms with Crippen LogP contribution in [-0.2, 0) is 0 Å².